The molecule has 0 bridgehead atoms. The molecule has 0 saturated carbocycles. The third kappa shape index (κ3) is 2.49. The van der Waals surface area contributed by atoms with Crippen LogP contribution in [0.4, 0.5) is 0 Å². The SMILES string of the molecule is CCC(C)n1c(O)c(-c2ccc(Cl)cc2)c(=O)[nH]c1=O. The molecule has 1 heterocycles. The predicted molar refractivity (Wildman–Crippen MR) is 78.4 cm³/mol. The fourth-order valence-corrected chi connectivity index (χ4v) is 2.13. The summed E-state index contributed by atoms with van der Waals surface area (Å²) < 4.78 is 1.19. The first-order chi connectivity index (χ1) is 9.45. The van der Waals surface area contributed by atoms with Gasteiger partial charge in [0.15, 0.2) is 0 Å². The number of aromatic hydroxyl groups is 1. The summed E-state index contributed by atoms with van der Waals surface area (Å²) in [6.45, 7) is 3.69. The summed E-state index contributed by atoms with van der Waals surface area (Å²) in [6.07, 6.45) is 0.652. The van der Waals surface area contributed by atoms with Crippen LogP contribution in [0.3, 0.4) is 0 Å². The molecular formula is C14H15ClN2O3. The van der Waals surface area contributed by atoms with E-state index in [0.29, 0.717) is 17.0 Å². The van der Waals surface area contributed by atoms with E-state index < -0.39 is 11.2 Å². The second kappa shape index (κ2) is 5.54. The highest BCUT2D eigenvalue weighted by atomic mass is 35.5. The van der Waals surface area contributed by atoms with Gasteiger partial charge in [0.1, 0.15) is 5.56 Å². The fourth-order valence-electron chi connectivity index (χ4n) is 2.01. The van der Waals surface area contributed by atoms with Crippen LogP contribution in [0.25, 0.3) is 11.1 Å². The van der Waals surface area contributed by atoms with E-state index in [9.17, 15) is 14.7 Å². The van der Waals surface area contributed by atoms with Crippen molar-refractivity contribution < 1.29 is 5.11 Å². The molecule has 0 spiro atoms. The Balaban J connectivity index is 2.74. The minimum Gasteiger partial charge on any atom is -0.494 e. The maximum Gasteiger partial charge on any atom is 0.331 e. The highest BCUT2D eigenvalue weighted by Crippen LogP contribution is 2.27. The van der Waals surface area contributed by atoms with Gasteiger partial charge in [0.25, 0.3) is 5.56 Å². The molecule has 0 amide bonds. The molecule has 2 aromatic rings. The minimum atomic E-state index is -0.616. The first-order valence-electron chi connectivity index (χ1n) is 6.29. The Morgan fingerprint density at radius 3 is 2.45 bits per heavy atom. The molecule has 0 aliphatic carbocycles. The number of aromatic amines is 1. The number of hydrogen-bond donors (Lipinski definition) is 2. The fraction of sp³-hybridized carbons (Fsp3) is 0.286. The van der Waals surface area contributed by atoms with E-state index in [-0.39, 0.29) is 17.5 Å². The summed E-state index contributed by atoms with van der Waals surface area (Å²) in [4.78, 5) is 26.0. The van der Waals surface area contributed by atoms with Gasteiger partial charge in [-0.25, -0.2) is 4.79 Å². The lowest BCUT2D eigenvalue weighted by molar-refractivity contribution is 0.369. The number of benzene rings is 1. The quantitative estimate of drug-likeness (QED) is 0.913. The molecule has 106 valence electrons. The van der Waals surface area contributed by atoms with Crippen LogP contribution in [0.2, 0.25) is 5.02 Å². The maximum absolute atomic E-state index is 11.9. The standard InChI is InChI=1S/C14H15ClN2O3/c1-3-8(2)17-13(19)11(12(18)16-14(17)20)9-4-6-10(15)7-5-9/h4-8,19H,3H2,1-2H3,(H,16,18,20). The van der Waals surface area contributed by atoms with E-state index in [1.807, 2.05) is 6.92 Å². The largest absolute Gasteiger partial charge is 0.494 e. The Labute approximate surface area is 120 Å². The summed E-state index contributed by atoms with van der Waals surface area (Å²) in [6, 6.07) is 6.27. The Bertz CT molecular complexity index is 732. The molecule has 0 saturated heterocycles. The van der Waals surface area contributed by atoms with E-state index in [1.54, 1.807) is 31.2 Å². The van der Waals surface area contributed by atoms with Crippen LogP contribution >= 0.6 is 11.6 Å². The Kier molecular flexibility index (Phi) is 3.99. The molecule has 1 atom stereocenters. The minimum absolute atomic E-state index is 0.0709. The molecule has 6 heteroatoms. The van der Waals surface area contributed by atoms with Crippen LogP contribution in [0.15, 0.2) is 33.9 Å². The number of aromatic nitrogens is 2. The number of rotatable bonds is 3. The van der Waals surface area contributed by atoms with Gasteiger partial charge in [-0.1, -0.05) is 30.7 Å². The zero-order valence-corrected chi connectivity index (χ0v) is 11.9. The van der Waals surface area contributed by atoms with Crippen LogP contribution in [0.5, 0.6) is 5.88 Å². The van der Waals surface area contributed by atoms with Gasteiger partial charge in [-0.3, -0.25) is 14.3 Å². The van der Waals surface area contributed by atoms with Gasteiger partial charge >= 0.3 is 5.69 Å². The van der Waals surface area contributed by atoms with Gasteiger partial charge in [-0.2, -0.15) is 0 Å². The monoisotopic (exact) mass is 294 g/mol. The van der Waals surface area contributed by atoms with Crippen LogP contribution in [0, 0.1) is 0 Å². The molecule has 5 nitrogen and oxygen atoms in total. The molecule has 1 aromatic carbocycles. The van der Waals surface area contributed by atoms with E-state index in [4.69, 9.17) is 11.6 Å². The first-order valence-corrected chi connectivity index (χ1v) is 6.67. The Morgan fingerprint density at radius 1 is 1.30 bits per heavy atom. The van der Waals surface area contributed by atoms with Gasteiger partial charge in [0.05, 0.1) is 0 Å². The van der Waals surface area contributed by atoms with Gasteiger partial charge in [0, 0.05) is 11.1 Å². The third-order valence-corrected chi connectivity index (χ3v) is 3.53. The summed E-state index contributed by atoms with van der Waals surface area (Å²) in [5.41, 5.74) is -0.652. The Hall–Kier alpha value is -2.01. The number of nitrogens with zero attached hydrogens (tertiary/aromatic N) is 1. The van der Waals surface area contributed by atoms with Gasteiger partial charge in [-0.15, -0.1) is 0 Å². The smallest absolute Gasteiger partial charge is 0.331 e. The summed E-state index contributed by atoms with van der Waals surface area (Å²) in [5, 5.41) is 10.8. The van der Waals surface area contributed by atoms with Crippen molar-refractivity contribution in [3.8, 4) is 17.0 Å². The van der Waals surface area contributed by atoms with E-state index in [2.05, 4.69) is 4.98 Å². The summed E-state index contributed by atoms with van der Waals surface area (Å²) >= 11 is 5.80. The van der Waals surface area contributed by atoms with Crippen molar-refractivity contribution in [1.82, 2.24) is 9.55 Å². The molecule has 0 fully saturated rings. The van der Waals surface area contributed by atoms with Gasteiger partial charge in [0.2, 0.25) is 5.88 Å². The molecule has 1 aromatic heterocycles. The van der Waals surface area contributed by atoms with Crippen molar-refractivity contribution in [3.63, 3.8) is 0 Å². The zero-order valence-electron chi connectivity index (χ0n) is 11.2. The summed E-state index contributed by atoms with van der Waals surface area (Å²) in [5.74, 6) is -0.324. The van der Waals surface area contributed by atoms with E-state index >= 15 is 0 Å². The number of halogens is 1. The lowest BCUT2D eigenvalue weighted by Gasteiger charge is -2.16. The highest BCUT2D eigenvalue weighted by molar-refractivity contribution is 6.30. The number of H-pyrrole nitrogens is 1. The lowest BCUT2D eigenvalue weighted by atomic mass is 10.1. The lowest BCUT2D eigenvalue weighted by Crippen LogP contribution is -2.32. The van der Waals surface area contributed by atoms with E-state index in [1.165, 1.54) is 4.57 Å². The second-order valence-corrected chi connectivity index (χ2v) is 5.03. The van der Waals surface area contributed by atoms with Gasteiger partial charge < -0.3 is 5.11 Å². The van der Waals surface area contributed by atoms with Crippen molar-refractivity contribution in [3.05, 3.63) is 50.1 Å². The second-order valence-electron chi connectivity index (χ2n) is 4.59. The summed E-state index contributed by atoms with van der Waals surface area (Å²) in [7, 11) is 0. The number of nitrogens with one attached hydrogen (secondary N) is 1. The van der Waals surface area contributed by atoms with Crippen LogP contribution < -0.4 is 11.2 Å². The van der Waals surface area contributed by atoms with Crippen molar-refractivity contribution >= 4 is 11.6 Å². The van der Waals surface area contributed by atoms with Crippen molar-refractivity contribution in [2.45, 2.75) is 26.3 Å². The maximum atomic E-state index is 11.9. The predicted octanol–water partition coefficient (Wildman–Crippen LogP) is 2.53. The average Bonchev–Trinajstić information content (AvgIpc) is 2.40. The topological polar surface area (TPSA) is 75.1 Å². The molecule has 2 N–H and O–H groups in total. The van der Waals surface area contributed by atoms with Crippen LogP contribution in [-0.4, -0.2) is 14.7 Å². The molecule has 0 radical (unpaired) electrons. The molecule has 20 heavy (non-hydrogen) atoms. The number of hydrogen-bond acceptors (Lipinski definition) is 3. The normalized spacial score (nSPS) is 12.3. The van der Waals surface area contributed by atoms with Gasteiger partial charge in [-0.05, 0) is 31.0 Å². The molecule has 0 aliphatic heterocycles. The van der Waals surface area contributed by atoms with Crippen molar-refractivity contribution in [1.29, 1.82) is 0 Å². The highest BCUT2D eigenvalue weighted by Gasteiger charge is 2.18. The zero-order chi connectivity index (χ0) is 14.9. The molecule has 0 aliphatic rings. The molecular weight excluding hydrogens is 280 g/mol. The first kappa shape index (κ1) is 14.4. The van der Waals surface area contributed by atoms with E-state index in [0.717, 1.165) is 0 Å². The molecule has 2 rings (SSSR count). The van der Waals surface area contributed by atoms with Crippen LogP contribution in [-0.2, 0) is 0 Å². The molecule has 1 unspecified atom stereocenters. The average molecular weight is 295 g/mol. The van der Waals surface area contributed by atoms with Crippen LogP contribution in [0.1, 0.15) is 26.3 Å². The third-order valence-electron chi connectivity index (χ3n) is 3.28. The van der Waals surface area contributed by atoms with Crippen molar-refractivity contribution in [2.75, 3.05) is 0 Å². The Morgan fingerprint density at radius 2 is 1.90 bits per heavy atom. The van der Waals surface area contributed by atoms with Crippen molar-refractivity contribution in [2.24, 2.45) is 0 Å².